The lowest BCUT2D eigenvalue weighted by Crippen LogP contribution is -2.10. The van der Waals surface area contributed by atoms with E-state index in [0.29, 0.717) is 22.2 Å². The van der Waals surface area contributed by atoms with Gasteiger partial charge in [-0.2, -0.15) is 0 Å². The summed E-state index contributed by atoms with van der Waals surface area (Å²) in [6, 6.07) is 14.4. The molecule has 2 aromatic heterocycles. The van der Waals surface area contributed by atoms with E-state index in [1.807, 2.05) is 0 Å². The molecule has 2 heterocycles. The van der Waals surface area contributed by atoms with Crippen LogP contribution in [0, 0.1) is 5.82 Å². The predicted octanol–water partition coefficient (Wildman–Crippen LogP) is 3.70. The van der Waals surface area contributed by atoms with Crippen LogP contribution in [-0.4, -0.2) is 21.7 Å². The number of amides is 1. The number of aromatic nitrogens is 2. The van der Waals surface area contributed by atoms with Crippen LogP contribution in [-0.2, 0) is 0 Å². The smallest absolute Gasteiger partial charge is 0.248 e. The van der Waals surface area contributed by atoms with Crippen LogP contribution in [0.15, 0.2) is 67.0 Å². The topological polar surface area (TPSA) is 88.8 Å². The lowest BCUT2D eigenvalue weighted by molar-refractivity contribution is 0.0998. The van der Waals surface area contributed by atoms with Gasteiger partial charge in [-0.25, -0.2) is 9.37 Å². The quantitative estimate of drug-likeness (QED) is 0.545. The predicted molar refractivity (Wildman–Crippen MR) is 99.9 cm³/mol. The summed E-state index contributed by atoms with van der Waals surface area (Å²) in [5, 5.41) is 0.595. The fourth-order valence-electron chi connectivity index (χ4n) is 3.08. The molecule has 0 spiro atoms. The Balaban J connectivity index is 1.88. The summed E-state index contributed by atoms with van der Waals surface area (Å²) in [4.78, 5) is 31.4. The first-order valence-corrected chi connectivity index (χ1v) is 8.22. The van der Waals surface area contributed by atoms with Gasteiger partial charge in [0.05, 0.1) is 11.1 Å². The summed E-state index contributed by atoms with van der Waals surface area (Å²) >= 11 is 0. The number of H-pyrrole nitrogens is 1. The number of aromatic amines is 1. The normalized spacial score (nSPS) is 10.9. The number of rotatable bonds is 4. The summed E-state index contributed by atoms with van der Waals surface area (Å²) < 4.78 is 14.1. The number of primary amides is 1. The Hall–Kier alpha value is -3.80. The number of fused-ring (bicyclic) bond motifs is 1. The fourth-order valence-corrected chi connectivity index (χ4v) is 3.08. The molecule has 0 bridgehead atoms. The second-order valence-corrected chi connectivity index (χ2v) is 6.04. The van der Waals surface area contributed by atoms with E-state index >= 15 is 0 Å². The van der Waals surface area contributed by atoms with Crippen LogP contribution >= 0.6 is 0 Å². The second-order valence-electron chi connectivity index (χ2n) is 6.04. The van der Waals surface area contributed by atoms with E-state index in [0.717, 1.165) is 11.1 Å². The van der Waals surface area contributed by atoms with Crippen LogP contribution in [0.2, 0.25) is 0 Å². The first kappa shape index (κ1) is 16.7. The molecule has 0 unspecified atom stereocenters. The van der Waals surface area contributed by atoms with Crippen LogP contribution in [0.4, 0.5) is 4.39 Å². The number of pyridine rings is 1. The third-order valence-corrected chi connectivity index (χ3v) is 4.42. The van der Waals surface area contributed by atoms with Crippen molar-refractivity contribution in [1.29, 1.82) is 0 Å². The minimum absolute atomic E-state index is 0.00252. The molecule has 0 atom stereocenters. The molecule has 0 aliphatic rings. The summed E-state index contributed by atoms with van der Waals surface area (Å²) in [5.74, 6) is -1.52. The number of nitrogens with two attached hydrogens (primary N) is 1. The average molecular weight is 359 g/mol. The minimum Gasteiger partial charge on any atom is -0.366 e. The van der Waals surface area contributed by atoms with E-state index in [2.05, 4.69) is 9.97 Å². The number of nitrogens with one attached hydrogen (secondary N) is 1. The van der Waals surface area contributed by atoms with Crippen LogP contribution < -0.4 is 5.73 Å². The van der Waals surface area contributed by atoms with Gasteiger partial charge in [0, 0.05) is 23.3 Å². The molecule has 0 radical (unpaired) electrons. The van der Waals surface area contributed by atoms with E-state index < -0.39 is 17.5 Å². The molecular weight excluding hydrogens is 345 g/mol. The number of hydrogen-bond acceptors (Lipinski definition) is 3. The van der Waals surface area contributed by atoms with Crippen LogP contribution in [0.25, 0.3) is 22.2 Å². The van der Waals surface area contributed by atoms with Gasteiger partial charge in [-0.15, -0.1) is 0 Å². The van der Waals surface area contributed by atoms with E-state index in [4.69, 9.17) is 5.73 Å². The van der Waals surface area contributed by atoms with E-state index in [1.54, 1.807) is 42.6 Å². The maximum absolute atomic E-state index is 14.1. The van der Waals surface area contributed by atoms with Crippen molar-refractivity contribution >= 4 is 22.7 Å². The van der Waals surface area contributed by atoms with Crippen molar-refractivity contribution < 1.29 is 14.0 Å². The molecule has 27 heavy (non-hydrogen) atoms. The Morgan fingerprint density at radius 3 is 2.41 bits per heavy atom. The Kier molecular flexibility index (Phi) is 4.01. The standard InChI is InChI=1S/C21H14FN3O2/c22-17-4-2-1-3-15(17)19(26)16-11-25-21-18(16)14(9-10-24-21)12-5-7-13(8-6-12)20(23)27/h1-11H,(H2,23,27)(H,24,25). The fraction of sp³-hybridized carbons (Fsp3) is 0. The molecule has 2 aromatic carbocycles. The summed E-state index contributed by atoms with van der Waals surface area (Å²) in [5.41, 5.74) is 8.06. The molecule has 4 rings (SSSR count). The maximum atomic E-state index is 14.1. The molecule has 5 nitrogen and oxygen atoms in total. The van der Waals surface area contributed by atoms with Crippen molar-refractivity contribution in [1.82, 2.24) is 9.97 Å². The number of halogens is 1. The summed E-state index contributed by atoms with van der Waals surface area (Å²) in [6.45, 7) is 0. The third-order valence-electron chi connectivity index (χ3n) is 4.42. The number of ketones is 1. The van der Waals surface area contributed by atoms with Crippen LogP contribution in [0.5, 0.6) is 0 Å². The van der Waals surface area contributed by atoms with E-state index in [1.165, 1.54) is 24.4 Å². The SMILES string of the molecule is NC(=O)c1ccc(-c2ccnc3[nH]cc(C(=O)c4ccccc4F)c23)cc1. The molecule has 132 valence electrons. The molecule has 0 fully saturated rings. The average Bonchev–Trinajstić information content (AvgIpc) is 3.12. The van der Waals surface area contributed by atoms with Crippen molar-refractivity contribution in [3.63, 3.8) is 0 Å². The third kappa shape index (κ3) is 2.87. The zero-order chi connectivity index (χ0) is 19.0. The van der Waals surface area contributed by atoms with Gasteiger partial charge in [0.15, 0.2) is 5.78 Å². The molecule has 0 saturated heterocycles. The Morgan fingerprint density at radius 1 is 0.963 bits per heavy atom. The molecule has 0 saturated carbocycles. The van der Waals surface area contributed by atoms with Crippen molar-refractivity contribution in [3.05, 3.63) is 89.5 Å². The highest BCUT2D eigenvalue weighted by Gasteiger charge is 2.20. The van der Waals surface area contributed by atoms with Crippen LogP contribution in [0.1, 0.15) is 26.3 Å². The number of benzene rings is 2. The minimum atomic E-state index is -0.576. The highest BCUT2D eigenvalue weighted by molar-refractivity contribution is 6.18. The number of nitrogens with zero attached hydrogens (tertiary/aromatic N) is 1. The second kappa shape index (κ2) is 6.49. The first-order chi connectivity index (χ1) is 13.1. The van der Waals surface area contributed by atoms with Crippen molar-refractivity contribution in [2.24, 2.45) is 5.73 Å². The molecule has 3 N–H and O–H groups in total. The Labute approximate surface area is 153 Å². The van der Waals surface area contributed by atoms with Gasteiger partial charge < -0.3 is 10.7 Å². The Bertz CT molecular complexity index is 1180. The lowest BCUT2D eigenvalue weighted by atomic mass is 9.96. The number of hydrogen-bond donors (Lipinski definition) is 2. The largest absolute Gasteiger partial charge is 0.366 e. The van der Waals surface area contributed by atoms with Gasteiger partial charge in [-0.05, 0) is 41.5 Å². The van der Waals surface area contributed by atoms with Gasteiger partial charge in [-0.3, -0.25) is 9.59 Å². The monoisotopic (exact) mass is 359 g/mol. The number of carbonyl (C=O) groups excluding carboxylic acids is 2. The van der Waals surface area contributed by atoms with Gasteiger partial charge >= 0.3 is 0 Å². The molecule has 1 amide bonds. The molecule has 0 aliphatic carbocycles. The zero-order valence-corrected chi connectivity index (χ0v) is 14.1. The highest BCUT2D eigenvalue weighted by Crippen LogP contribution is 2.31. The van der Waals surface area contributed by atoms with Gasteiger partial charge in [0.25, 0.3) is 0 Å². The van der Waals surface area contributed by atoms with E-state index in [-0.39, 0.29) is 5.56 Å². The molecule has 0 aliphatic heterocycles. The van der Waals surface area contributed by atoms with Gasteiger partial charge in [-0.1, -0.05) is 24.3 Å². The number of carbonyl (C=O) groups is 2. The van der Waals surface area contributed by atoms with Crippen molar-refractivity contribution in [3.8, 4) is 11.1 Å². The highest BCUT2D eigenvalue weighted by atomic mass is 19.1. The first-order valence-electron chi connectivity index (χ1n) is 8.22. The van der Waals surface area contributed by atoms with Gasteiger partial charge in [0.2, 0.25) is 5.91 Å². The molecular formula is C21H14FN3O2. The summed E-state index contributed by atoms with van der Waals surface area (Å²) in [7, 11) is 0. The van der Waals surface area contributed by atoms with Crippen molar-refractivity contribution in [2.45, 2.75) is 0 Å². The van der Waals surface area contributed by atoms with E-state index in [9.17, 15) is 14.0 Å². The maximum Gasteiger partial charge on any atom is 0.248 e. The molecule has 4 aromatic rings. The lowest BCUT2D eigenvalue weighted by Gasteiger charge is -2.07. The van der Waals surface area contributed by atoms with Crippen molar-refractivity contribution in [2.75, 3.05) is 0 Å². The molecule has 6 heteroatoms. The summed E-state index contributed by atoms with van der Waals surface area (Å²) in [6.07, 6.45) is 3.15. The van der Waals surface area contributed by atoms with Gasteiger partial charge in [0.1, 0.15) is 11.5 Å². The zero-order valence-electron chi connectivity index (χ0n) is 14.1. The van der Waals surface area contributed by atoms with Crippen LogP contribution in [0.3, 0.4) is 0 Å². The Morgan fingerprint density at radius 2 is 1.70 bits per heavy atom.